The van der Waals surface area contributed by atoms with Crippen molar-refractivity contribution in [3.05, 3.63) is 82.5 Å². The third kappa shape index (κ3) is 4.11. The van der Waals surface area contributed by atoms with Gasteiger partial charge in [-0.05, 0) is 59.6 Å². The predicted molar refractivity (Wildman–Crippen MR) is 135 cm³/mol. The molecule has 5 rings (SSSR count). The minimum absolute atomic E-state index is 0.0580. The van der Waals surface area contributed by atoms with Crippen LogP contribution >= 0.6 is 0 Å². The summed E-state index contributed by atoms with van der Waals surface area (Å²) in [4.78, 5) is 29.6. The molecule has 0 saturated carbocycles. The molecule has 2 aliphatic carbocycles. The third-order valence-electron chi connectivity index (χ3n) is 7.43. The fourth-order valence-electron chi connectivity index (χ4n) is 6.02. The number of hydrogen-bond acceptors (Lipinski definition) is 4. The van der Waals surface area contributed by atoms with Crippen LogP contribution in [-0.2, 0) is 9.59 Å². The number of carbonyl (C=O) groups excluding carboxylic acids is 2. The molecule has 0 aromatic heterocycles. The fourth-order valence-corrected chi connectivity index (χ4v) is 6.02. The number of halogens is 1. The van der Waals surface area contributed by atoms with Gasteiger partial charge in [0.2, 0.25) is 0 Å². The van der Waals surface area contributed by atoms with Gasteiger partial charge in [0.05, 0.1) is 7.11 Å². The number of allylic oxidation sites excluding steroid dienone is 4. The van der Waals surface area contributed by atoms with Crippen LogP contribution in [0.3, 0.4) is 0 Å². The highest BCUT2D eigenvalue weighted by molar-refractivity contribution is 6.08. The lowest BCUT2D eigenvalue weighted by molar-refractivity contribution is -0.119. The third-order valence-corrected chi connectivity index (χ3v) is 7.43. The molecule has 182 valence electrons. The van der Waals surface area contributed by atoms with E-state index in [0.29, 0.717) is 42.5 Å². The van der Waals surface area contributed by atoms with Crippen LogP contribution in [0.2, 0.25) is 0 Å². The van der Waals surface area contributed by atoms with Crippen molar-refractivity contribution in [1.82, 2.24) is 0 Å². The molecule has 2 aromatic carbocycles. The minimum Gasteiger partial charge on any atom is -0.497 e. The summed E-state index contributed by atoms with van der Waals surface area (Å²) < 4.78 is 19.8. The van der Waals surface area contributed by atoms with E-state index in [4.69, 9.17) is 4.74 Å². The Morgan fingerprint density at radius 3 is 1.86 bits per heavy atom. The van der Waals surface area contributed by atoms with Gasteiger partial charge < -0.3 is 9.64 Å². The number of hydrogen-bond donors (Lipinski definition) is 0. The molecule has 2 aromatic rings. The Kier molecular flexibility index (Phi) is 5.50. The normalized spacial score (nSPS) is 21.7. The number of ketones is 2. The van der Waals surface area contributed by atoms with Crippen molar-refractivity contribution >= 4 is 17.3 Å². The second-order valence-corrected chi connectivity index (χ2v) is 11.6. The van der Waals surface area contributed by atoms with Crippen LogP contribution in [0, 0.1) is 16.6 Å². The van der Waals surface area contributed by atoms with Crippen molar-refractivity contribution in [1.29, 1.82) is 0 Å². The van der Waals surface area contributed by atoms with Crippen LogP contribution in [0.5, 0.6) is 5.75 Å². The van der Waals surface area contributed by atoms with E-state index in [2.05, 4.69) is 27.7 Å². The number of ether oxygens (including phenoxy) is 1. The molecule has 0 saturated heterocycles. The van der Waals surface area contributed by atoms with Gasteiger partial charge in [0.25, 0.3) is 0 Å². The second kappa shape index (κ2) is 8.18. The van der Waals surface area contributed by atoms with Gasteiger partial charge in [-0.3, -0.25) is 9.59 Å². The number of methoxy groups -OCH3 is 1. The standard InChI is InChI=1S/C30H32FNO3/c1-29(2)14-22-27(24(33)16-29)26(18-9-11-21(35-5)12-10-18)28-23(15-30(3,4)17-25(28)34)32(22)20-8-6-7-19(31)13-20/h6-13,26H,14-17H2,1-5H3. The lowest BCUT2D eigenvalue weighted by atomic mass is 9.63. The van der Waals surface area contributed by atoms with Gasteiger partial charge in [0.1, 0.15) is 11.6 Å². The van der Waals surface area contributed by atoms with E-state index in [1.165, 1.54) is 12.1 Å². The topological polar surface area (TPSA) is 46.6 Å². The zero-order chi connectivity index (χ0) is 25.1. The van der Waals surface area contributed by atoms with Crippen molar-refractivity contribution in [3.8, 4) is 5.75 Å². The van der Waals surface area contributed by atoms with Gasteiger partial charge in [-0.2, -0.15) is 0 Å². The number of anilines is 1. The average molecular weight is 474 g/mol. The first-order chi connectivity index (χ1) is 16.5. The number of nitrogens with zero attached hydrogens (tertiary/aromatic N) is 1. The summed E-state index contributed by atoms with van der Waals surface area (Å²) in [6, 6.07) is 14.1. The van der Waals surface area contributed by atoms with E-state index in [0.717, 1.165) is 22.7 Å². The summed E-state index contributed by atoms with van der Waals surface area (Å²) in [5, 5.41) is 0. The van der Waals surface area contributed by atoms with E-state index >= 15 is 0 Å². The van der Waals surface area contributed by atoms with Gasteiger partial charge >= 0.3 is 0 Å². The highest BCUT2D eigenvalue weighted by Gasteiger charge is 2.49. The van der Waals surface area contributed by atoms with Gasteiger partial charge in [-0.1, -0.05) is 45.9 Å². The molecule has 5 heteroatoms. The van der Waals surface area contributed by atoms with E-state index in [1.807, 2.05) is 35.2 Å². The summed E-state index contributed by atoms with van der Waals surface area (Å²) >= 11 is 0. The Labute approximate surface area is 206 Å². The quantitative estimate of drug-likeness (QED) is 0.496. The van der Waals surface area contributed by atoms with Crippen LogP contribution in [0.25, 0.3) is 0 Å². The van der Waals surface area contributed by atoms with Crippen molar-refractivity contribution in [3.63, 3.8) is 0 Å². The summed E-state index contributed by atoms with van der Waals surface area (Å²) in [7, 11) is 1.62. The Hall–Kier alpha value is -3.21. The van der Waals surface area contributed by atoms with Crippen molar-refractivity contribution < 1.29 is 18.7 Å². The predicted octanol–water partition coefficient (Wildman–Crippen LogP) is 6.72. The Morgan fingerprint density at radius 1 is 0.829 bits per heavy atom. The number of Topliss-reactive ketones (excluding diaryl/α,β-unsaturated/α-hetero) is 2. The van der Waals surface area contributed by atoms with E-state index in [1.54, 1.807) is 13.2 Å². The van der Waals surface area contributed by atoms with Crippen LogP contribution in [0.15, 0.2) is 71.1 Å². The first kappa shape index (κ1) is 23.5. The molecule has 0 bridgehead atoms. The summed E-state index contributed by atoms with van der Waals surface area (Å²) in [5.41, 5.74) is 4.22. The molecule has 0 spiro atoms. The van der Waals surface area contributed by atoms with Crippen LogP contribution in [0.4, 0.5) is 10.1 Å². The molecule has 4 nitrogen and oxygen atoms in total. The van der Waals surface area contributed by atoms with Crippen molar-refractivity contribution in [2.24, 2.45) is 10.8 Å². The van der Waals surface area contributed by atoms with E-state index < -0.39 is 5.92 Å². The zero-order valence-corrected chi connectivity index (χ0v) is 21.1. The maximum Gasteiger partial charge on any atom is 0.162 e. The average Bonchev–Trinajstić information content (AvgIpc) is 2.76. The van der Waals surface area contributed by atoms with Crippen molar-refractivity contribution in [2.45, 2.75) is 59.3 Å². The fraction of sp³-hybridized carbons (Fsp3) is 0.400. The minimum atomic E-state index is -0.428. The SMILES string of the molecule is COc1ccc(C2C3=C(CC(C)(C)CC3=O)N(c3cccc(F)c3)C3=C2C(=O)CC(C)(C)C3)cc1. The molecule has 1 aliphatic heterocycles. The molecular weight excluding hydrogens is 441 g/mol. The molecule has 3 aliphatic rings. The number of benzene rings is 2. The van der Waals surface area contributed by atoms with Crippen LogP contribution in [0.1, 0.15) is 64.9 Å². The number of carbonyl (C=O) groups is 2. The lowest BCUT2D eigenvalue weighted by Crippen LogP contribution is -2.44. The molecule has 0 N–H and O–H groups in total. The molecule has 35 heavy (non-hydrogen) atoms. The zero-order valence-electron chi connectivity index (χ0n) is 21.1. The lowest BCUT2D eigenvalue weighted by Gasteiger charge is -2.49. The summed E-state index contributed by atoms with van der Waals surface area (Å²) in [6.07, 6.45) is 2.17. The Balaban J connectivity index is 1.82. The highest BCUT2D eigenvalue weighted by Crippen LogP contribution is 2.55. The van der Waals surface area contributed by atoms with Crippen molar-refractivity contribution in [2.75, 3.05) is 12.0 Å². The first-order valence-corrected chi connectivity index (χ1v) is 12.2. The summed E-state index contributed by atoms with van der Waals surface area (Å²) in [6.45, 7) is 8.39. The van der Waals surface area contributed by atoms with Crippen LogP contribution in [-0.4, -0.2) is 18.7 Å². The largest absolute Gasteiger partial charge is 0.497 e. The second-order valence-electron chi connectivity index (χ2n) is 11.6. The van der Waals surface area contributed by atoms with E-state index in [-0.39, 0.29) is 28.2 Å². The van der Waals surface area contributed by atoms with E-state index in [9.17, 15) is 14.0 Å². The Morgan fingerprint density at radius 2 is 1.37 bits per heavy atom. The molecule has 0 amide bonds. The van der Waals surface area contributed by atoms with Gasteiger partial charge in [-0.25, -0.2) is 4.39 Å². The molecule has 0 atom stereocenters. The smallest absolute Gasteiger partial charge is 0.162 e. The van der Waals surface area contributed by atoms with Gasteiger partial charge in [0, 0.05) is 47.0 Å². The Bertz CT molecular complexity index is 1230. The van der Waals surface area contributed by atoms with Gasteiger partial charge in [-0.15, -0.1) is 0 Å². The highest BCUT2D eigenvalue weighted by atomic mass is 19.1. The molecule has 0 fully saturated rings. The molecule has 0 radical (unpaired) electrons. The van der Waals surface area contributed by atoms with Crippen LogP contribution < -0.4 is 9.64 Å². The maximum atomic E-state index is 14.4. The first-order valence-electron chi connectivity index (χ1n) is 12.2. The molecular formula is C30H32FNO3. The molecule has 1 heterocycles. The molecule has 0 unspecified atom stereocenters. The number of rotatable bonds is 3. The summed E-state index contributed by atoms with van der Waals surface area (Å²) in [5.74, 6) is 0.0710. The monoisotopic (exact) mass is 473 g/mol. The van der Waals surface area contributed by atoms with Gasteiger partial charge in [0.15, 0.2) is 11.6 Å². The maximum absolute atomic E-state index is 14.4.